The maximum Gasteiger partial charge on any atom is 0.472 e. The van der Waals surface area contributed by atoms with Crippen molar-refractivity contribution < 1.29 is 80.2 Å². The van der Waals surface area contributed by atoms with Crippen molar-refractivity contribution in [1.82, 2.24) is 0 Å². The van der Waals surface area contributed by atoms with Crippen LogP contribution in [0.2, 0.25) is 0 Å². The van der Waals surface area contributed by atoms with E-state index in [4.69, 9.17) is 37.0 Å². The van der Waals surface area contributed by atoms with Crippen molar-refractivity contribution in [1.29, 1.82) is 0 Å². The number of hydrogen-bond acceptors (Lipinski definition) is 15. The van der Waals surface area contributed by atoms with Crippen molar-refractivity contribution >= 4 is 39.5 Å². The molecule has 3 N–H and O–H groups in total. The van der Waals surface area contributed by atoms with Crippen LogP contribution < -0.4 is 0 Å². The first-order chi connectivity index (χ1) is 44.7. The summed E-state index contributed by atoms with van der Waals surface area (Å²) in [5.74, 6) is 0.0467. The number of hydrogen-bond donors (Lipinski definition) is 3. The lowest BCUT2D eigenvalue weighted by Crippen LogP contribution is -2.30. The minimum absolute atomic E-state index is 0.0848. The number of phosphoric acid groups is 2. The number of esters is 4. The molecule has 0 rings (SSSR count). The Labute approximate surface area is 567 Å². The Morgan fingerprint density at radius 1 is 0.333 bits per heavy atom. The van der Waals surface area contributed by atoms with Gasteiger partial charge in [0.15, 0.2) is 12.2 Å². The Kier molecular flexibility index (Phi) is 62.5. The molecule has 17 nitrogen and oxygen atoms in total. The lowest BCUT2D eigenvalue weighted by molar-refractivity contribution is -0.161. The van der Waals surface area contributed by atoms with E-state index in [1.807, 2.05) is 0 Å². The number of carbonyl (C=O) groups is 4. The monoisotopic (exact) mass is 1360 g/mol. The number of ether oxygens (including phenoxy) is 4. The fraction of sp³-hybridized carbons (Fsp3) is 0.892. The Morgan fingerprint density at radius 2 is 0.581 bits per heavy atom. The molecule has 548 valence electrons. The summed E-state index contributed by atoms with van der Waals surface area (Å²) in [5, 5.41) is 10.6. The number of carbonyl (C=O) groups excluding carboxylic acids is 4. The molecule has 5 atom stereocenters. The van der Waals surface area contributed by atoms with E-state index in [2.05, 4.69) is 72.8 Å². The Hall–Kier alpha value is -2.46. The molecule has 0 aliphatic rings. The highest BCUT2D eigenvalue weighted by Crippen LogP contribution is 2.45. The molecule has 0 amide bonds. The standard InChI is InChI=1S/C74H140O17P2/c1-8-9-10-11-12-13-14-15-17-22-25-28-35-43-50-57-73(78)90-69(61-84-71(76)55-48-41-34-27-24-21-19-16-18-20-23-26-31-38-45-52-65(2)3)63-88-92(80,81)86-59-68(75)60-87-93(82,83)89-64-70(91-74(79)58-51-44-37-30-33-40-47-54-67(6)7)62-85-72(77)56-49-42-36-29-32-39-46-53-66(4)5/h13-15,17,65-70,75H,8-12,16,18-64H2,1-7H3,(H,80,81)(H,82,83)/b14-13-,17-15-/t68?,69-,70-/m1/s1. The van der Waals surface area contributed by atoms with Gasteiger partial charge in [0.05, 0.1) is 26.4 Å². The fourth-order valence-corrected chi connectivity index (χ4v) is 12.3. The third-order valence-corrected chi connectivity index (χ3v) is 18.4. The molecule has 0 aromatic heterocycles. The van der Waals surface area contributed by atoms with E-state index in [0.29, 0.717) is 37.5 Å². The third-order valence-electron chi connectivity index (χ3n) is 16.5. The van der Waals surface area contributed by atoms with Crippen LogP contribution >= 0.6 is 15.6 Å². The van der Waals surface area contributed by atoms with E-state index in [-0.39, 0.29) is 25.7 Å². The van der Waals surface area contributed by atoms with Gasteiger partial charge in [-0.2, -0.15) is 0 Å². The van der Waals surface area contributed by atoms with Crippen LogP contribution in [0.25, 0.3) is 0 Å². The van der Waals surface area contributed by atoms with E-state index in [0.717, 1.165) is 115 Å². The van der Waals surface area contributed by atoms with Crippen LogP contribution in [0.1, 0.15) is 350 Å². The third kappa shape index (κ3) is 67.9. The minimum atomic E-state index is -4.96. The van der Waals surface area contributed by atoms with E-state index in [1.165, 1.54) is 141 Å². The van der Waals surface area contributed by atoms with Gasteiger partial charge in [0.25, 0.3) is 0 Å². The molecule has 0 heterocycles. The smallest absolute Gasteiger partial charge is 0.462 e. The number of aliphatic hydroxyl groups excluding tert-OH is 1. The molecule has 19 heteroatoms. The van der Waals surface area contributed by atoms with Gasteiger partial charge in [0.1, 0.15) is 19.3 Å². The maximum atomic E-state index is 13.1. The molecule has 0 bridgehead atoms. The largest absolute Gasteiger partial charge is 0.472 e. The predicted octanol–water partition coefficient (Wildman–Crippen LogP) is 21.0. The fourth-order valence-electron chi connectivity index (χ4n) is 10.7. The molecule has 93 heavy (non-hydrogen) atoms. The van der Waals surface area contributed by atoms with Gasteiger partial charge in [-0.25, -0.2) is 9.13 Å². The van der Waals surface area contributed by atoms with E-state index in [1.54, 1.807) is 0 Å². The molecule has 0 aliphatic carbocycles. The maximum absolute atomic E-state index is 13.1. The molecule has 3 unspecified atom stereocenters. The van der Waals surface area contributed by atoms with E-state index >= 15 is 0 Å². The first-order valence-corrected chi connectivity index (χ1v) is 40.7. The topological polar surface area (TPSA) is 237 Å². The second kappa shape index (κ2) is 64.2. The number of phosphoric ester groups is 2. The summed E-state index contributed by atoms with van der Waals surface area (Å²) in [6.45, 7) is 11.7. The summed E-state index contributed by atoms with van der Waals surface area (Å²) in [4.78, 5) is 72.6. The molecule has 0 saturated carbocycles. The second-order valence-corrected chi connectivity index (χ2v) is 30.3. The Balaban J connectivity index is 5.25. The molecule has 0 aromatic carbocycles. The SMILES string of the molecule is CCCCCC/C=C\C=C/CCCCCCCC(=O)O[C@H](COC(=O)CCCCCCCCCCCCCCCCCC(C)C)COP(=O)(O)OCC(O)COP(=O)(O)OC[C@@H](COC(=O)CCCCCCCCCC(C)C)OC(=O)CCCCCCCCCC(C)C. The van der Waals surface area contributed by atoms with Crippen LogP contribution in [0.15, 0.2) is 24.3 Å². The predicted molar refractivity (Wildman–Crippen MR) is 377 cm³/mol. The van der Waals surface area contributed by atoms with Crippen molar-refractivity contribution in [3.63, 3.8) is 0 Å². The summed E-state index contributed by atoms with van der Waals surface area (Å²) >= 11 is 0. The van der Waals surface area contributed by atoms with Gasteiger partial charge in [-0.15, -0.1) is 0 Å². The summed E-state index contributed by atoms with van der Waals surface area (Å²) in [5.41, 5.74) is 0. The van der Waals surface area contributed by atoms with Crippen LogP contribution in [0.5, 0.6) is 0 Å². The lowest BCUT2D eigenvalue weighted by atomic mass is 10.0. The van der Waals surface area contributed by atoms with Crippen molar-refractivity contribution in [2.45, 2.75) is 369 Å². The van der Waals surface area contributed by atoms with Crippen LogP contribution in [0.3, 0.4) is 0 Å². The number of unbranched alkanes of at least 4 members (excludes halogenated alkanes) is 35. The molecule has 0 saturated heterocycles. The van der Waals surface area contributed by atoms with Crippen LogP contribution in [0, 0.1) is 17.8 Å². The molecule has 0 aromatic rings. The van der Waals surface area contributed by atoms with Crippen LogP contribution in [-0.4, -0.2) is 96.7 Å². The van der Waals surface area contributed by atoms with Gasteiger partial charge >= 0.3 is 39.5 Å². The highest BCUT2D eigenvalue weighted by atomic mass is 31.2. The Morgan fingerprint density at radius 3 is 0.871 bits per heavy atom. The molecule has 0 radical (unpaired) electrons. The van der Waals surface area contributed by atoms with Crippen molar-refractivity contribution in [2.75, 3.05) is 39.6 Å². The van der Waals surface area contributed by atoms with Gasteiger partial charge in [0, 0.05) is 25.7 Å². The summed E-state index contributed by atoms with van der Waals surface area (Å²) in [6, 6.07) is 0. The summed E-state index contributed by atoms with van der Waals surface area (Å²) in [6.07, 6.45) is 52.4. The summed E-state index contributed by atoms with van der Waals surface area (Å²) in [7, 11) is -9.92. The highest BCUT2D eigenvalue weighted by molar-refractivity contribution is 7.47. The number of aliphatic hydroxyl groups is 1. The van der Waals surface area contributed by atoms with Gasteiger partial charge < -0.3 is 33.8 Å². The van der Waals surface area contributed by atoms with Crippen LogP contribution in [-0.2, 0) is 65.4 Å². The molecular weight excluding hydrogens is 1220 g/mol. The lowest BCUT2D eigenvalue weighted by Gasteiger charge is -2.21. The quantitative estimate of drug-likeness (QED) is 0.0169. The van der Waals surface area contributed by atoms with Gasteiger partial charge in [-0.1, -0.05) is 297 Å². The van der Waals surface area contributed by atoms with E-state index < -0.39 is 97.5 Å². The zero-order valence-corrected chi connectivity index (χ0v) is 62.0. The first kappa shape index (κ1) is 90.5. The highest BCUT2D eigenvalue weighted by Gasteiger charge is 2.30. The molecule has 0 aliphatic heterocycles. The summed E-state index contributed by atoms with van der Waals surface area (Å²) < 4.78 is 68.3. The van der Waals surface area contributed by atoms with Crippen LogP contribution in [0.4, 0.5) is 0 Å². The van der Waals surface area contributed by atoms with Gasteiger partial charge in [0.2, 0.25) is 0 Å². The average molecular weight is 1360 g/mol. The normalized spacial score (nSPS) is 14.3. The first-order valence-electron chi connectivity index (χ1n) is 37.7. The van der Waals surface area contributed by atoms with Gasteiger partial charge in [-0.05, 0) is 69.1 Å². The molecule has 0 fully saturated rings. The van der Waals surface area contributed by atoms with Crippen molar-refractivity contribution in [3.8, 4) is 0 Å². The molecular formula is C74H140O17P2. The number of rotatable bonds is 70. The van der Waals surface area contributed by atoms with Gasteiger partial charge in [-0.3, -0.25) is 37.3 Å². The number of allylic oxidation sites excluding steroid dienone is 4. The molecule has 0 spiro atoms. The second-order valence-electron chi connectivity index (χ2n) is 27.4. The minimum Gasteiger partial charge on any atom is -0.462 e. The average Bonchev–Trinajstić information content (AvgIpc) is 2.49. The van der Waals surface area contributed by atoms with Crippen molar-refractivity contribution in [2.24, 2.45) is 17.8 Å². The zero-order valence-electron chi connectivity index (χ0n) is 60.2. The zero-order chi connectivity index (χ0) is 68.7. The van der Waals surface area contributed by atoms with E-state index in [9.17, 15) is 43.2 Å². The Bertz CT molecular complexity index is 1910. The van der Waals surface area contributed by atoms with Crippen molar-refractivity contribution in [3.05, 3.63) is 24.3 Å².